The molecular weight excluding hydrogens is 255 g/mol. The van der Waals surface area contributed by atoms with E-state index in [1.54, 1.807) is 13.2 Å². The van der Waals surface area contributed by atoms with Gasteiger partial charge in [-0.15, -0.1) is 0 Å². The molecule has 2 nitrogen and oxygen atoms in total. The van der Waals surface area contributed by atoms with Crippen molar-refractivity contribution in [3.8, 4) is 0 Å². The molecule has 0 radical (unpaired) electrons. The van der Waals surface area contributed by atoms with Crippen LogP contribution >= 0.6 is 0 Å². The van der Waals surface area contributed by atoms with Crippen molar-refractivity contribution in [3.63, 3.8) is 0 Å². The molecule has 1 aliphatic carbocycles. The van der Waals surface area contributed by atoms with Gasteiger partial charge in [0.05, 0.1) is 0 Å². The van der Waals surface area contributed by atoms with Crippen molar-refractivity contribution in [2.75, 3.05) is 7.11 Å². The Morgan fingerprint density at radius 3 is 2.85 bits per heavy atom. The van der Waals surface area contributed by atoms with E-state index in [1.807, 2.05) is 6.92 Å². The summed E-state index contributed by atoms with van der Waals surface area (Å²) >= 11 is 0. The minimum atomic E-state index is -0.640. The third-order valence-corrected chi connectivity index (χ3v) is 4.51. The normalized spacial score (nSPS) is 26.5. The summed E-state index contributed by atoms with van der Waals surface area (Å²) in [5.74, 6) is 0.384. The van der Waals surface area contributed by atoms with Gasteiger partial charge in [-0.2, -0.15) is 0 Å². The van der Waals surface area contributed by atoms with Crippen LogP contribution in [0.15, 0.2) is 18.2 Å². The zero-order valence-electron chi connectivity index (χ0n) is 12.5. The Hall–Kier alpha value is -1.22. The van der Waals surface area contributed by atoms with Gasteiger partial charge in [0, 0.05) is 13.5 Å². The molecule has 0 N–H and O–H groups in total. The van der Waals surface area contributed by atoms with Gasteiger partial charge < -0.3 is 4.74 Å². The fourth-order valence-corrected chi connectivity index (χ4v) is 3.25. The lowest BCUT2D eigenvalue weighted by molar-refractivity contribution is -0.146. The fourth-order valence-electron chi connectivity index (χ4n) is 3.25. The van der Waals surface area contributed by atoms with Crippen molar-refractivity contribution in [1.82, 2.24) is 0 Å². The van der Waals surface area contributed by atoms with Gasteiger partial charge in [0.2, 0.25) is 0 Å². The number of halogens is 1. The average molecular weight is 278 g/mol. The summed E-state index contributed by atoms with van der Waals surface area (Å²) in [6, 6.07) is 4.60. The highest BCUT2D eigenvalue weighted by Crippen LogP contribution is 2.36. The van der Waals surface area contributed by atoms with Crippen LogP contribution in [0.1, 0.15) is 43.7 Å². The second-order valence-electron chi connectivity index (χ2n) is 6.07. The Morgan fingerprint density at radius 2 is 2.25 bits per heavy atom. The molecule has 0 heterocycles. The van der Waals surface area contributed by atoms with Gasteiger partial charge in [-0.1, -0.05) is 19.4 Å². The van der Waals surface area contributed by atoms with E-state index >= 15 is 0 Å². The number of rotatable bonds is 4. The minimum absolute atomic E-state index is 0.126. The molecule has 2 unspecified atom stereocenters. The second-order valence-corrected chi connectivity index (χ2v) is 6.07. The molecule has 1 saturated carbocycles. The second kappa shape index (κ2) is 6.04. The quantitative estimate of drug-likeness (QED) is 0.836. The average Bonchev–Trinajstić information content (AvgIpc) is 2.41. The van der Waals surface area contributed by atoms with E-state index < -0.39 is 5.60 Å². The van der Waals surface area contributed by atoms with Gasteiger partial charge in [-0.05, 0) is 55.4 Å². The van der Waals surface area contributed by atoms with Crippen LogP contribution in [0, 0.1) is 18.7 Å². The summed E-state index contributed by atoms with van der Waals surface area (Å²) in [5, 5.41) is 0. The molecule has 3 heteroatoms. The molecule has 1 aliphatic rings. The first kappa shape index (κ1) is 15.2. The van der Waals surface area contributed by atoms with Gasteiger partial charge in [0.1, 0.15) is 11.4 Å². The standard InChI is InChI=1S/C17H23FO2/c1-12-5-4-8-17(11-12,20-3)16(19)10-14-6-7-15(18)9-13(14)2/h6-7,9,12H,4-5,8,10-11H2,1-3H3. The number of ether oxygens (including phenoxy) is 1. The molecule has 1 fully saturated rings. The van der Waals surface area contributed by atoms with E-state index in [4.69, 9.17) is 4.74 Å². The molecule has 110 valence electrons. The maximum atomic E-state index is 13.1. The number of Topliss-reactive ketones (excluding diaryl/α,β-unsaturated/α-hetero) is 1. The summed E-state index contributed by atoms with van der Waals surface area (Å²) in [4.78, 5) is 12.7. The largest absolute Gasteiger partial charge is 0.370 e. The highest BCUT2D eigenvalue weighted by Gasteiger charge is 2.41. The summed E-state index contributed by atoms with van der Waals surface area (Å²) in [7, 11) is 1.63. The van der Waals surface area contributed by atoms with E-state index in [0.29, 0.717) is 12.3 Å². The van der Waals surface area contributed by atoms with Crippen LogP contribution in [0.5, 0.6) is 0 Å². The van der Waals surface area contributed by atoms with Gasteiger partial charge in [0.15, 0.2) is 5.78 Å². The predicted octanol–water partition coefficient (Wildman–Crippen LogP) is 3.84. The Labute approximate surface area is 120 Å². The number of aryl methyl sites for hydroxylation is 1. The summed E-state index contributed by atoms with van der Waals surface area (Å²) in [6.45, 7) is 4.01. The van der Waals surface area contributed by atoms with Gasteiger partial charge in [-0.25, -0.2) is 4.39 Å². The molecule has 1 aromatic carbocycles. The fraction of sp³-hybridized carbons (Fsp3) is 0.588. The first-order valence-corrected chi connectivity index (χ1v) is 7.30. The lowest BCUT2D eigenvalue weighted by Gasteiger charge is -2.37. The predicted molar refractivity (Wildman–Crippen MR) is 77.2 cm³/mol. The maximum absolute atomic E-state index is 13.1. The Balaban J connectivity index is 2.17. The maximum Gasteiger partial charge on any atom is 0.168 e. The molecule has 0 aromatic heterocycles. The highest BCUT2D eigenvalue weighted by molar-refractivity contribution is 5.89. The van der Waals surface area contributed by atoms with Crippen molar-refractivity contribution in [1.29, 1.82) is 0 Å². The van der Waals surface area contributed by atoms with E-state index in [0.717, 1.165) is 36.8 Å². The summed E-state index contributed by atoms with van der Waals surface area (Å²) in [6.07, 6.45) is 4.11. The van der Waals surface area contributed by atoms with Gasteiger partial charge in [0.25, 0.3) is 0 Å². The lowest BCUT2D eigenvalue weighted by atomic mass is 9.75. The van der Waals surface area contributed by atoms with Crippen molar-refractivity contribution in [2.24, 2.45) is 5.92 Å². The Bertz CT molecular complexity index is 498. The highest BCUT2D eigenvalue weighted by atomic mass is 19.1. The first-order valence-electron chi connectivity index (χ1n) is 7.30. The smallest absolute Gasteiger partial charge is 0.168 e. The van der Waals surface area contributed by atoms with E-state index in [1.165, 1.54) is 12.1 Å². The van der Waals surface area contributed by atoms with Crippen LogP contribution in [-0.4, -0.2) is 18.5 Å². The number of benzene rings is 1. The third-order valence-electron chi connectivity index (χ3n) is 4.51. The topological polar surface area (TPSA) is 26.3 Å². The molecule has 0 saturated heterocycles. The Morgan fingerprint density at radius 1 is 1.50 bits per heavy atom. The van der Waals surface area contributed by atoms with Crippen LogP contribution in [0.4, 0.5) is 4.39 Å². The number of carbonyl (C=O) groups excluding carboxylic acids is 1. The molecular formula is C17H23FO2. The van der Waals surface area contributed by atoms with Crippen LogP contribution in [0.25, 0.3) is 0 Å². The van der Waals surface area contributed by atoms with Crippen LogP contribution in [0.2, 0.25) is 0 Å². The summed E-state index contributed by atoms with van der Waals surface area (Å²) in [5.41, 5.74) is 1.08. The van der Waals surface area contributed by atoms with Crippen molar-refractivity contribution in [3.05, 3.63) is 35.1 Å². The van der Waals surface area contributed by atoms with Crippen molar-refractivity contribution < 1.29 is 13.9 Å². The SMILES string of the molecule is COC1(C(=O)Cc2ccc(F)cc2C)CCCC(C)C1. The molecule has 0 amide bonds. The number of hydrogen-bond donors (Lipinski definition) is 0. The minimum Gasteiger partial charge on any atom is -0.370 e. The zero-order valence-corrected chi connectivity index (χ0v) is 12.5. The molecule has 1 aromatic rings. The summed E-state index contributed by atoms with van der Waals surface area (Å²) < 4.78 is 18.7. The van der Waals surface area contributed by atoms with Crippen molar-refractivity contribution >= 4 is 5.78 Å². The molecule has 0 spiro atoms. The number of methoxy groups -OCH3 is 1. The van der Waals surface area contributed by atoms with E-state index in [2.05, 4.69) is 6.92 Å². The van der Waals surface area contributed by atoms with Gasteiger partial charge >= 0.3 is 0 Å². The molecule has 0 aliphatic heterocycles. The molecule has 0 bridgehead atoms. The lowest BCUT2D eigenvalue weighted by Crippen LogP contribution is -2.45. The number of ketones is 1. The monoisotopic (exact) mass is 278 g/mol. The van der Waals surface area contributed by atoms with Crippen LogP contribution in [-0.2, 0) is 16.0 Å². The first-order chi connectivity index (χ1) is 9.47. The van der Waals surface area contributed by atoms with E-state index in [-0.39, 0.29) is 11.6 Å². The Kier molecular flexibility index (Phi) is 4.59. The molecule has 2 rings (SSSR count). The molecule has 20 heavy (non-hydrogen) atoms. The number of hydrogen-bond acceptors (Lipinski definition) is 2. The van der Waals surface area contributed by atoms with E-state index in [9.17, 15) is 9.18 Å². The molecule has 2 atom stereocenters. The van der Waals surface area contributed by atoms with Crippen LogP contribution in [0.3, 0.4) is 0 Å². The van der Waals surface area contributed by atoms with Crippen LogP contribution < -0.4 is 0 Å². The number of carbonyl (C=O) groups is 1. The van der Waals surface area contributed by atoms with Gasteiger partial charge in [-0.3, -0.25) is 4.79 Å². The zero-order chi connectivity index (χ0) is 14.8. The third kappa shape index (κ3) is 3.09. The van der Waals surface area contributed by atoms with Crippen molar-refractivity contribution in [2.45, 2.75) is 51.6 Å².